The topological polar surface area (TPSA) is 9.23 Å². The number of rotatable bonds is 1. The maximum atomic E-state index is 5.91. The Kier molecular flexibility index (Phi) is 2.73. The van der Waals surface area contributed by atoms with E-state index in [-0.39, 0.29) is 0 Å². The van der Waals surface area contributed by atoms with Crippen LogP contribution in [0.5, 0.6) is 5.75 Å². The Hall–Kier alpha value is -1.54. The molecule has 0 aromatic heterocycles. The third kappa shape index (κ3) is 2.13. The molecular weight excluding hydrogens is 276 g/mol. The van der Waals surface area contributed by atoms with E-state index in [1.165, 1.54) is 5.56 Å². The fourth-order valence-corrected chi connectivity index (χ4v) is 2.35. The first-order valence-corrected chi connectivity index (χ1v) is 6.34. The molecule has 0 radical (unpaired) electrons. The van der Waals surface area contributed by atoms with Crippen LogP contribution >= 0.6 is 15.9 Å². The van der Waals surface area contributed by atoms with Crippen molar-refractivity contribution in [3.05, 3.63) is 70.2 Å². The molecule has 2 heteroatoms. The molecule has 17 heavy (non-hydrogen) atoms. The molecule has 1 aliphatic rings. The van der Waals surface area contributed by atoms with E-state index in [0.717, 1.165) is 28.0 Å². The number of halogens is 1. The summed E-state index contributed by atoms with van der Waals surface area (Å²) >= 11 is 3.48. The lowest BCUT2D eigenvalue weighted by atomic mass is 10.1. The van der Waals surface area contributed by atoms with Crippen LogP contribution in [0.2, 0.25) is 0 Å². The molecule has 84 valence electrons. The molecule has 0 fully saturated rings. The average Bonchev–Trinajstić information content (AvgIpc) is 2.38. The third-order valence-corrected chi connectivity index (χ3v) is 3.30. The maximum Gasteiger partial charge on any atom is 0.131 e. The first-order chi connectivity index (χ1) is 8.33. The van der Waals surface area contributed by atoms with Crippen LogP contribution in [0.4, 0.5) is 0 Å². The third-order valence-electron chi connectivity index (χ3n) is 2.81. The second kappa shape index (κ2) is 4.38. The van der Waals surface area contributed by atoms with Crippen molar-refractivity contribution in [2.75, 3.05) is 0 Å². The molecule has 0 atom stereocenters. The van der Waals surface area contributed by atoms with Gasteiger partial charge in [0, 0.05) is 10.0 Å². The van der Waals surface area contributed by atoms with Crippen molar-refractivity contribution in [3.63, 3.8) is 0 Å². The Labute approximate surface area is 109 Å². The Morgan fingerprint density at radius 2 is 1.88 bits per heavy atom. The van der Waals surface area contributed by atoms with Crippen molar-refractivity contribution in [3.8, 4) is 5.75 Å². The Bertz CT molecular complexity index is 587. The lowest BCUT2D eigenvalue weighted by Crippen LogP contribution is -2.03. The first kappa shape index (κ1) is 10.6. The zero-order chi connectivity index (χ0) is 11.7. The fourth-order valence-electron chi connectivity index (χ4n) is 1.95. The standard InChI is InChI=1S/C15H11BrO/c16-13-6-3-5-12(10-13)15-9-8-11-4-1-2-7-14(11)17-15/h1-7,9-10H,8H2. The van der Waals surface area contributed by atoms with Crippen LogP contribution in [0.25, 0.3) is 5.76 Å². The van der Waals surface area contributed by atoms with E-state index in [9.17, 15) is 0 Å². The van der Waals surface area contributed by atoms with Crippen LogP contribution in [-0.4, -0.2) is 0 Å². The van der Waals surface area contributed by atoms with E-state index in [1.54, 1.807) is 0 Å². The molecule has 0 saturated carbocycles. The molecule has 0 spiro atoms. The van der Waals surface area contributed by atoms with Crippen molar-refractivity contribution in [2.45, 2.75) is 6.42 Å². The van der Waals surface area contributed by atoms with Gasteiger partial charge in [-0.15, -0.1) is 0 Å². The summed E-state index contributed by atoms with van der Waals surface area (Å²) in [6.45, 7) is 0. The number of ether oxygens (including phenoxy) is 1. The van der Waals surface area contributed by atoms with Crippen LogP contribution in [0.15, 0.2) is 59.1 Å². The van der Waals surface area contributed by atoms with Crippen molar-refractivity contribution < 1.29 is 4.74 Å². The van der Waals surface area contributed by atoms with E-state index < -0.39 is 0 Å². The van der Waals surface area contributed by atoms with Gasteiger partial charge in [-0.05, 0) is 36.3 Å². The van der Waals surface area contributed by atoms with E-state index in [1.807, 2.05) is 30.3 Å². The molecule has 1 nitrogen and oxygen atoms in total. The molecule has 0 unspecified atom stereocenters. The quantitative estimate of drug-likeness (QED) is 0.754. The molecule has 0 N–H and O–H groups in total. The summed E-state index contributed by atoms with van der Waals surface area (Å²) < 4.78 is 6.98. The largest absolute Gasteiger partial charge is 0.457 e. The van der Waals surface area contributed by atoms with Gasteiger partial charge in [0.2, 0.25) is 0 Å². The minimum Gasteiger partial charge on any atom is -0.457 e. The van der Waals surface area contributed by atoms with Crippen molar-refractivity contribution >= 4 is 21.7 Å². The minimum atomic E-state index is 0.929. The summed E-state index contributed by atoms with van der Waals surface area (Å²) in [5.41, 5.74) is 2.35. The molecular formula is C15H11BrO. The number of fused-ring (bicyclic) bond motifs is 1. The molecule has 0 bridgehead atoms. The SMILES string of the molecule is Brc1cccc(C2=CCc3ccccc3O2)c1. The highest BCUT2D eigenvalue weighted by Crippen LogP contribution is 2.30. The zero-order valence-electron chi connectivity index (χ0n) is 9.19. The normalized spacial score (nSPS) is 13.6. The van der Waals surface area contributed by atoms with Crippen LogP contribution in [-0.2, 0) is 6.42 Å². The van der Waals surface area contributed by atoms with Gasteiger partial charge in [0.15, 0.2) is 0 Å². The van der Waals surface area contributed by atoms with Gasteiger partial charge < -0.3 is 4.74 Å². The van der Waals surface area contributed by atoms with Crippen LogP contribution in [0, 0.1) is 0 Å². The average molecular weight is 287 g/mol. The van der Waals surface area contributed by atoms with E-state index in [4.69, 9.17) is 4.74 Å². The summed E-state index contributed by atoms with van der Waals surface area (Å²) in [5.74, 6) is 1.90. The van der Waals surface area contributed by atoms with Crippen molar-refractivity contribution in [1.29, 1.82) is 0 Å². The fraction of sp³-hybridized carbons (Fsp3) is 0.0667. The van der Waals surface area contributed by atoms with Gasteiger partial charge in [0.25, 0.3) is 0 Å². The summed E-state index contributed by atoms with van der Waals surface area (Å²) in [4.78, 5) is 0. The highest BCUT2D eigenvalue weighted by atomic mass is 79.9. The molecule has 1 heterocycles. The molecule has 0 saturated heterocycles. The Balaban J connectivity index is 1.96. The van der Waals surface area contributed by atoms with Gasteiger partial charge in [-0.3, -0.25) is 0 Å². The highest BCUT2D eigenvalue weighted by Gasteiger charge is 2.13. The predicted molar refractivity (Wildman–Crippen MR) is 72.9 cm³/mol. The predicted octanol–water partition coefficient (Wildman–Crippen LogP) is 4.43. The van der Waals surface area contributed by atoms with Gasteiger partial charge in [-0.2, -0.15) is 0 Å². The first-order valence-electron chi connectivity index (χ1n) is 5.55. The van der Waals surface area contributed by atoms with E-state index in [0.29, 0.717) is 0 Å². The lowest BCUT2D eigenvalue weighted by molar-refractivity contribution is 0.498. The second-order valence-electron chi connectivity index (χ2n) is 3.99. The molecule has 0 aliphatic carbocycles. The number of para-hydroxylation sites is 1. The number of hydrogen-bond donors (Lipinski definition) is 0. The van der Waals surface area contributed by atoms with Crippen molar-refractivity contribution in [2.24, 2.45) is 0 Å². The van der Waals surface area contributed by atoms with Crippen LogP contribution in [0.3, 0.4) is 0 Å². The summed E-state index contributed by atoms with van der Waals surface area (Å²) in [5, 5.41) is 0. The van der Waals surface area contributed by atoms with E-state index in [2.05, 4.69) is 40.2 Å². The molecule has 1 aliphatic heterocycles. The summed E-state index contributed by atoms with van der Waals surface area (Å²) in [6, 6.07) is 16.3. The monoisotopic (exact) mass is 286 g/mol. The zero-order valence-corrected chi connectivity index (χ0v) is 10.8. The minimum absolute atomic E-state index is 0.929. The second-order valence-corrected chi connectivity index (χ2v) is 4.91. The van der Waals surface area contributed by atoms with Gasteiger partial charge >= 0.3 is 0 Å². The molecule has 3 rings (SSSR count). The smallest absolute Gasteiger partial charge is 0.131 e. The molecule has 2 aromatic carbocycles. The van der Waals surface area contributed by atoms with Gasteiger partial charge in [-0.1, -0.05) is 46.3 Å². The maximum absolute atomic E-state index is 5.91. The van der Waals surface area contributed by atoms with Gasteiger partial charge in [0.1, 0.15) is 11.5 Å². The summed E-state index contributed by atoms with van der Waals surface area (Å²) in [6.07, 6.45) is 3.06. The number of benzene rings is 2. The highest BCUT2D eigenvalue weighted by molar-refractivity contribution is 9.10. The van der Waals surface area contributed by atoms with E-state index >= 15 is 0 Å². The number of hydrogen-bond acceptors (Lipinski definition) is 1. The van der Waals surface area contributed by atoms with Crippen LogP contribution in [0.1, 0.15) is 11.1 Å². The molecule has 0 amide bonds. The summed E-state index contributed by atoms with van der Waals surface area (Å²) in [7, 11) is 0. The van der Waals surface area contributed by atoms with Gasteiger partial charge in [0.05, 0.1) is 0 Å². The Morgan fingerprint density at radius 1 is 1.00 bits per heavy atom. The number of allylic oxidation sites excluding steroid dienone is 1. The van der Waals surface area contributed by atoms with Crippen molar-refractivity contribution in [1.82, 2.24) is 0 Å². The Morgan fingerprint density at radius 3 is 2.76 bits per heavy atom. The van der Waals surface area contributed by atoms with Gasteiger partial charge in [-0.25, -0.2) is 0 Å². The van der Waals surface area contributed by atoms with Crippen LogP contribution < -0.4 is 4.74 Å². The molecule has 2 aromatic rings. The lowest BCUT2D eigenvalue weighted by Gasteiger charge is -2.18.